The summed E-state index contributed by atoms with van der Waals surface area (Å²) in [6, 6.07) is 10.6. The van der Waals surface area contributed by atoms with E-state index >= 15 is 0 Å². The van der Waals surface area contributed by atoms with Crippen LogP contribution < -0.4 is 4.90 Å². The fourth-order valence-corrected chi connectivity index (χ4v) is 4.63. The summed E-state index contributed by atoms with van der Waals surface area (Å²) in [4.78, 5) is 13.0. The van der Waals surface area contributed by atoms with Crippen LogP contribution in [-0.2, 0) is 19.1 Å². The van der Waals surface area contributed by atoms with E-state index in [4.69, 9.17) is 0 Å². The lowest BCUT2D eigenvalue weighted by Gasteiger charge is -2.46. The van der Waals surface area contributed by atoms with Crippen molar-refractivity contribution in [2.45, 2.75) is 50.9 Å². The van der Waals surface area contributed by atoms with Crippen molar-refractivity contribution in [1.29, 1.82) is 0 Å². The number of nitro benzene ring substituents is 1. The zero-order valence-corrected chi connectivity index (χ0v) is 15.3. The standard InChI is InChI=1S/C21H21F3N2O2/c22-21(23,24)17-7-5-14(6-8-17)13-25-19-4-2-1-3-15(19)11-16-12-18(26(27)28)9-10-20(16)25/h5-10,12,15,19H,1-4,11,13H2/t15-,19-/m0/s1. The normalized spacial score (nSPS) is 21.8. The number of halogens is 3. The van der Waals surface area contributed by atoms with Crippen LogP contribution in [0.15, 0.2) is 42.5 Å². The number of hydrogen-bond acceptors (Lipinski definition) is 3. The fourth-order valence-electron chi connectivity index (χ4n) is 4.63. The van der Waals surface area contributed by atoms with Gasteiger partial charge >= 0.3 is 6.18 Å². The molecule has 1 heterocycles. The third-order valence-corrected chi connectivity index (χ3v) is 5.97. The van der Waals surface area contributed by atoms with E-state index in [9.17, 15) is 23.3 Å². The number of benzene rings is 2. The predicted molar refractivity (Wildman–Crippen MR) is 100 cm³/mol. The maximum atomic E-state index is 12.8. The molecule has 2 aromatic carbocycles. The summed E-state index contributed by atoms with van der Waals surface area (Å²) in [5.41, 5.74) is 2.17. The van der Waals surface area contributed by atoms with Crippen molar-refractivity contribution in [3.63, 3.8) is 0 Å². The molecule has 0 spiro atoms. The van der Waals surface area contributed by atoms with E-state index in [0.717, 1.165) is 61.1 Å². The lowest BCUT2D eigenvalue weighted by atomic mass is 9.76. The molecule has 1 aliphatic carbocycles. The van der Waals surface area contributed by atoms with Crippen molar-refractivity contribution in [3.05, 3.63) is 69.3 Å². The van der Waals surface area contributed by atoms with E-state index in [2.05, 4.69) is 4.90 Å². The summed E-state index contributed by atoms with van der Waals surface area (Å²) in [6.45, 7) is 0.504. The number of fused-ring (bicyclic) bond motifs is 2. The van der Waals surface area contributed by atoms with Gasteiger partial charge in [0.1, 0.15) is 0 Å². The van der Waals surface area contributed by atoms with Crippen LogP contribution in [0.5, 0.6) is 0 Å². The SMILES string of the molecule is O=[N+]([O-])c1ccc2c(c1)C[C@@H]1CCCC[C@@H]1N2Cc1ccc(C(F)(F)F)cc1. The molecule has 0 radical (unpaired) electrons. The van der Waals surface area contributed by atoms with E-state index in [1.807, 2.05) is 0 Å². The van der Waals surface area contributed by atoms with Crippen LogP contribution in [0, 0.1) is 16.0 Å². The molecule has 28 heavy (non-hydrogen) atoms. The van der Waals surface area contributed by atoms with Gasteiger partial charge in [0.2, 0.25) is 0 Å². The Balaban J connectivity index is 1.67. The molecule has 1 saturated carbocycles. The van der Waals surface area contributed by atoms with Crippen molar-refractivity contribution < 1.29 is 18.1 Å². The molecule has 2 aromatic rings. The Kier molecular flexibility index (Phi) is 4.77. The molecule has 0 unspecified atom stereocenters. The number of anilines is 1. The number of hydrogen-bond donors (Lipinski definition) is 0. The molecule has 148 valence electrons. The highest BCUT2D eigenvalue weighted by molar-refractivity contribution is 5.61. The maximum absolute atomic E-state index is 12.8. The summed E-state index contributed by atoms with van der Waals surface area (Å²) >= 11 is 0. The molecule has 0 aromatic heterocycles. The molecule has 0 bridgehead atoms. The molecule has 4 nitrogen and oxygen atoms in total. The second kappa shape index (κ2) is 7.11. The zero-order valence-electron chi connectivity index (χ0n) is 15.3. The Hall–Kier alpha value is -2.57. The van der Waals surface area contributed by atoms with Crippen LogP contribution in [-0.4, -0.2) is 11.0 Å². The molecule has 2 aliphatic rings. The highest BCUT2D eigenvalue weighted by Gasteiger charge is 2.36. The molecule has 1 aliphatic heterocycles. The van der Waals surface area contributed by atoms with Crippen LogP contribution in [0.25, 0.3) is 0 Å². The second-order valence-electron chi connectivity index (χ2n) is 7.71. The number of non-ortho nitro benzene ring substituents is 1. The Labute approximate surface area is 161 Å². The van der Waals surface area contributed by atoms with E-state index in [1.165, 1.54) is 18.2 Å². The molecule has 7 heteroatoms. The highest BCUT2D eigenvalue weighted by Crippen LogP contribution is 2.42. The second-order valence-corrected chi connectivity index (χ2v) is 7.71. The first-order valence-corrected chi connectivity index (χ1v) is 9.53. The van der Waals surface area contributed by atoms with Crippen LogP contribution in [0.3, 0.4) is 0 Å². The summed E-state index contributed by atoms with van der Waals surface area (Å²) < 4.78 is 38.5. The highest BCUT2D eigenvalue weighted by atomic mass is 19.4. The lowest BCUT2D eigenvalue weighted by Crippen LogP contribution is -2.46. The van der Waals surface area contributed by atoms with Gasteiger partial charge in [-0.15, -0.1) is 0 Å². The Morgan fingerprint density at radius 1 is 1.07 bits per heavy atom. The Bertz CT molecular complexity index is 880. The summed E-state index contributed by atoms with van der Waals surface area (Å²) in [6.07, 6.45) is 0.888. The molecule has 0 N–H and O–H groups in total. The van der Waals surface area contributed by atoms with Crippen molar-refractivity contribution in [3.8, 4) is 0 Å². The first-order chi connectivity index (χ1) is 13.3. The molecule has 0 saturated heterocycles. The van der Waals surface area contributed by atoms with Gasteiger partial charge in [-0.3, -0.25) is 10.1 Å². The van der Waals surface area contributed by atoms with E-state index in [0.29, 0.717) is 18.5 Å². The number of nitro groups is 1. The minimum Gasteiger partial charge on any atom is -0.364 e. The molecular formula is C21H21F3N2O2. The van der Waals surface area contributed by atoms with Crippen LogP contribution in [0.2, 0.25) is 0 Å². The molecule has 0 amide bonds. The minimum absolute atomic E-state index is 0.0856. The predicted octanol–water partition coefficient (Wildman–Crippen LogP) is 5.74. The van der Waals surface area contributed by atoms with Gasteiger partial charge in [0.05, 0.1) is 10.5 Å². The fraction of sp³-hybridized carbons (Fsp3) is 0.429. The van der Waals surface area contributed by atoms with E-state index < -0.39 is 11.7 Å². The summed E-state index contributed by atoms with van der Waals surface area (Å²) in [5, 5.41) is 11.2. The first kappa shape index (κ1) is 18.8. The van der Waals surface area contributed by atoms with Crippen molar-refractivity contribution in [1.82, 2.24) is 0 Å². The quantitative estimate of drug-likeness (QED) is 0.496. The van der Waals surface area contributed by atoms with Gasteiger partial charge < -0.3 is 4.90 Å². The van der Waals surface area contributed by atoms with Gasteiger partial charge in [-0.05, 0) is 54.5 Å². The Morgan fingerprint density at radius 2 is 1.79 bits per heavy atom. The zero-order chi connectivity index (χ0) is 19.9. The summed E-state index contributed by atoms with van der Waals surface area (Å²) in [5.74, 6) is 0.428. The number of rotatable bonds is 3. The van der Waals surface area contributed by atoms with E-state index in [-0.39, 0.29) is 10.6 Å². The van der Waals surface area contributed by atoms with Gasteiger partial charge in [-0.2, -0.15) is 13.2 Å². The molecular weight excluding hydrogens is 369 g/mol. The maximum Gasteiger partial charge on any atom is 0.416 e. The lowest BCUT2D eigenvalue weighted by molar-refractivity contribution is -0.384. The van der Waals surface area contributed by atoms with Gasteiger partial charge in [0.15, 0.2) is 0 Å². The van der Waals surface area contributed by atoms with Crippen LogP contribution in [0.4, 0.5) is 24.5 Å². The number of alkyl halides is 3. The van der Waals surface area contributed by atoms with Gasteiger partial charge in [0.25, 0.3) is 5.69 Å². The van der Waals surface area contributed by atoms with Crippen molar-refractivity contribution >= 4 is 11.4 Å². The first-order valence-electron chi connectivity index (χ1n) is 9.53. The molecule has 1 fully saturated rings. The average molecular weight is 390 g/mol. The molecule has 2 atom stereocenters. The minimum atomic E-state index is -4.34. The van der Waals surface area contributed by atoms with Gasteiger partial charge in [0, 0.05) is 30.4 Å². The molecule has 4 rings (SSSR count). The third-order valence-electron chi connectivity index (χ3n) is 5.97. The van der Waals surface area contributed by atoms with Gasteiger partial charge in [-0.25, -0.2) is 0 Å². The Morgan fingerprint density at radius 3 is 2.46 bits per heavy atom. The van der Waals surface area contributed by atoms with Gasteiger partial charge in [-0.1, -0.05) is 25.0 Å². The monoisotopic (exact) mass is 390 g/mol. The van der Waals surface area contributed by atoms with Crippen LogP contribution >= 0.6 is 0 Å². The largest absolute Gasteiger partial charge is 0.416 e. The van der Waals surface area contributed by atoms with Crippen molar-refractivity contribution in [2.75, 3.05) is 4.90 Å². The smallest absolute Gasteiger partial charge is 0.364 e. The van der Waals surface area contributed by atoms with Crippen molar-refractivity contribution in [2.24, 2.45) is 5.92 Å². The number of nitrogens with zero attached hydrogens (tertiary/aromatic N) is 2. The van der Waals surface area contributed by atoms with E-state index in [1.54, 1.807) is 12.1 Å². The summed E-state index contributed by atoms with van der Waals surface area (Å²) in [7, 11) is 0. The average Bonchev–Trinajstić information content (AvgIpc) is 2.67. The topological polar surface area (TPSA) is 46.4 Å². The third kappa shape index (κ3) is 3.57. The van der Waals surface area contributed by atoms with Crippen LogP contribution in [0.1, 0.15) is 42.4 Å².